The summed E-state index contributed by atoms with van der Waals surface area (Å²) in [5.41, 5.74) is 1.55. The van der Waals surface area contributed by atoms with Crippen molar-refractivity contribution in [2.24, 2.45) is 0 Å². The second-order valence-electron chi connectivity index (χ2n) is 6.43. The predicted octanol–water partition coefficient (Wildman–Crippen LogP) is 3.07. The van der Waals surface area contributed by atoms with E-state index in [1.807, 2.05) is 24.3 Å². The van der Waals surface area contributed by atoms with Crippen LogP contribution in [0.5, 0.6) is 0 Å². The molecule has 2 aromatic rings. The first-order valence-electron chi connectivity index (χ1n) is 8.05. The SMILES string of the molecule is Cl.O=C(NC1CC2CCC(C1)N2)c1cnn(-c2ccc(Br)cc2)c1. The quantitative estimate of drug-likeness (QED) is 0.816. The van der Waals surface area contributed by atoms with Gasteiger partial charge in [-0.3, -0.25) is 4.79 Å². The van der Waals surface area contributed by atoms with Gasteiger partial charge in [0.25, 0.3) is 5.91 Å². The van der Waals surface area contributed by atoms with Gasteiger partial charge in [-0.1, -0.05) is 15.9 Å². The summed E-state index contributed by atoms with van der Waals surface area (Å²) >= 11 is 3.42. The third-order valence-electron chi connectivity index (χ3n) is 4.74. The molecule has 1 aromatic heterocycles. The normalized spacial score (nSPS) is 25.1. The van der Waals surface area contributed by atoms with Crippen LogP contribution in [-0.4, -0.2) is 33.8 Å². The maximum absolute atomic E-state index is 12.5. The van der Waals surface area contributed by atoms with Crippen LogP contribution in [0.1, 0.15) is 36.0 Å². The highest BCUT2D eigenvalue weighted by atomic mass is 79.9. The zero-order valence-electron chi connectivity index (χ0n) is 13.1. The molecule has 3 heterocycles. The molecule has 1 aromatic carbocycles. The molecular weight excluding hydrogens is 392 g/mol. The Morgan fingerprint density at radius 3 is 2.54 bits per heavy atom. The van der Waals surface area contributed by atoms with Gasteiger partial charge in [-0.25, -0.2) is 4.68 Å². The molecular formula is C17H20BrClN4O. The minimum Gasteiger partial charge on any atom is -0.349 e. The van der Waals surface area contributed by atoms with Gasteiger partial charge in [0.1, 0.15) is 0 Å². The predicted molar refractivity (Wildman–Crippen MR) is 98.9 cm³/mol. The molecule has 24 heavy (non-hydrogen) atoms. The van der Waals surface area contributed by atoms with Crippen LogP contribution in [0.15, 0.2) is 41.1 Å². The molecule has 2 aliphatic rings. The van der Waals surface area contributed by atoms with E-state index >= 15 is 0 Å². The van der Waals surface area contributed by atoms with Crippen molar-refractivity contribution in [1.29, 1.82) is 0 Å². The van der Waals surface area contributed by atoms with Crippen LogP contribution in [-0.2, 0) is 0 Å². The van der Waals surface area contributed by atoms with Gasteiger partial charge in [0, 0.05) is 28.8 Å². The molecule has 2 fully saturated rings. The number of nitrogens with one attached hydrogen (secondary N) is 2. The van der Waals surface area contributed by atoms with E-state index in [2.05, 4.69) is 31.7 Å². The van der Waals surface area contributed by atoms with Crippen molar-refractivity contribution in [3.63, 3.8) is 0 Å². The van der Waals surface area contributed by atoms with Crippen LogP contribution in [0.3, 0.4) is 0 Å². The molecule has 0 radical (unpaired) electrons. The Morgan fingerprint density at radius 2 is 1.88 bits per heavy atom. The number of hydrogen-bond acceptors (Lipinski definition) is 3. The van der Waals surface area contributed by atoms with E-state index < -0.39 is 0 Å². The van der Waals surface area contributed by atoms with Gasteiger partial charge in [0.15, 0.2) is 0 Å². The fourth-order valence-electron chi connectivity index (χ4n) is 3.62. The lowest BCUT2D eigenvalue weighted by Crippen LogP contribution is -2.47. The molecule has 2 saturated heterocycles. The molecule has 2 aliphatic heterocycles. The summed E-state index contributed by atoms with van der Waals surface area (Å²) in [5.74, 6) is -0.0281. The van der Waals surface area contributed by atoms with Crippen molar-refractivity contribution in [3.8, 4) is 5.69 Å². The Kier molecular flexibility index (Phi) is 5.27. The average Bonchev–Trinajstić information content (AvgIpc) is 3.15. The fraction of sp³-hybridized carbons (Fsp3) is 0.412. The highest BCUT2D eigenvalue weighted by Crippen LogP contribution is 2.27. The third kappa shape index (κ3) is 3.66. The maximum atomic E-state index is 12.5. The Morgan fingerprint density at radius 1 is 1.21 bits per heavy atom. The molecule has 4 rings (SSSR count). The molecule has 1 amide bonds. The Labute approximate surface area is 155 Å². The number of carbonyl (C=O) groups excluding carboxylic acids is 1. The average molecular weight is 412 g/mol. The molecule has 7 heteroatoms. The molecule has 2 atom stereocenters. The topological polar surface area (TPSA) is 59.0 Å². The van der Waals surface area contributed by atoms with E-state index in [0.717, 1.165) is 23.0 Å². The summed E-state index contributed by atoms with van der Waals surface area (Å²) in [6.07, 6.45) is 7.95. The first kappa shape index (κ1) is 17.5. The van der Waals surface area contributed by atoms with Crippen molar-refractivity contribution in [3.05, 3.63) is 46.7 Å². The molecule has 0 saturated carbocycles. The van der Waals surface area contributed by atoms with E-state index in [1.165, 1.54) is 12.8 Å². The smallest absolute Gasteiger partial charge is 0.254 e. The standard InChI is InChI=1S/C17H19BrN4O.ClH/c18-12-1-5-16(6-2-12)22-10-11(9-19-22)17(23)21-15-7-13-3-4-14(8-15)20-13;/h1-2,5-6,9-10,13-15,20H,3-4,7-8H2,(H,21,23);1H. The van der Waals surface area contributed by atoms with Crippen molar-refractivity contribution >= 4 is 34.2 Å². The summed E-state index contributed by atoms with van der Waals surface area (Å²) in [6.45, 7) is 0. The van der Waals surface area contributed by atoms with Crippen LogP contribution in [0.2, 0.25) is 0 Å². The number of amides is 1. The van der Waals surface area contributed by atoms with Crippen molar-refractivity contribution in [2.45, 2.75) is 43.8 Å². The number of aromatic nitrogens is 2. The summed E-state index contributed by atoms with van der Waals surface area (Å²) in [7, 11) is 0. The zero-order chi connectivity index (χ0) is 15.8. The second-order valence-corrected chi connectivity index (χ2v) is 7.35. The fourth-order valence-corrected chi connectivity index (χ4v) is 3.88. The van der Waals surface area contributed by atoms with Crippen molar-refractivity contribution in [1.82, 2.24) is 20.4 Å². The number of benzene rings is 1. The first-order valence-corrected chi connectivity index (χ1v) is 8.84. The van der Waals surface area contributed by atoms with E-state index in [4.69, 9.17) is 0 Å². The number of carbonyl (C=O) groups is 1. The number of fused-ring (bicyclic) bond motifs is 2. The largest absolute Gasteiger partial charge is 0.349 e. The summed E-state index contributed by atoms with van der Waals surface area (Å²) in [6, 6.07) is 9.27. The van der Waals surface area contributed by atoms with Crippen molar-refractivity contribution < 1.29 is 4.79 Å². The van der Waals surface area contributed by atoms with Crippen LogP contribution >= 0.6 is 28.3 Å². The Bertz CT molecular complexity index is 706. The van der Waals surface area contributed by atoms with Gasteiger partial charge >= 0.3 is 0 Å². The van der Waals surface area contributed by atoms with Gasteiger partial charge in [0.05, 0.1) is 17.4 Å². The van der Waals surface area contributed by atoms with Gasteiger partial charge in [-0.2, -0.15) is 5.10 Å². The molecule has 2 bridgehead atoms. The number of rotatable bonds is 3. The second kappa shape index (κ2) is 7.25. The maximum Gasteiger partial charge on any atom is 0.254 e. The van der Waals surface area contributed by atoms with Crippen LogP contribution in [0.25, 0.3) is 5.69 Å². The minimum absolute atomic E-state index is 0. The number of piperidine rings is 1. The molecule has 0 aliphatic carbocycles. The monoisotopic (exact) mass is 410 g/mol. The van der Waals surface area contributed by atoms with Crippen LogP contribution in [0, 0.1) is 0 Å². The van der Waals surface area contributed by atoms with E-state index in [1.54, 1.807) is 17.1 Å². The Balaban J connectivity index is 0.00000169. The summed E-state index contributed by atoms with van der Waals surface area (Å²) in [4.78, 5) is 12.5. The van der Waals surface area contributed by atoms with Gasteiger partial charge < -0.3 is 10.6 Å². The zero-order valence-corrected chi connectivity index (χ0v) is 15.5. The summed E-state index contributed by atoms with van der Waals surface area (Å²) in [5, 5.41) is 11.1. The van der Waals surface area contributed by atoms with Crippen LogP contribution < -0.4 is 10.6 Å². The molecule has 2 unspecified atom stereocenters. The minimum atomic E-state index is -0.0281. The lowest BCUT2D eigenvalue weighted by Gasteiger charge is -2.29. The molecule has 128 valence electrons. The van der Waals surface area contributed by atoms with E-state index in [0.29, 0.717) is 17.6 Å². The van der Waals surface area contributed by atoms with Gasteiger partial charge in [-0.15, -0.1) is 12.4 Å². The summed E-state index contributed by atoms with van der Waals surface area (Å²) < 4.78 is 2.75. The van der Waals surface area contributed by atoms with E-state index in [9.17, 15) is 4.79 Å². The molecule has 0 spiro atoms. The number of halogens is 2. The van der Waals surface area contributed by atoms with E-state index in [-0.39, 0.29) is 24.4 Å². The van der Waals surface area contributed by atoms with Crippen molar-refractivity contribution in [2.75, 3.05) is 0 Å². The van der Waals surface area contributed by atoms with Crippen LogP contribution in [0.4, 0.5) is 0 Å². The Hall–Kier alpha value is -1.37. The van der Waals surface area contributed by atoms with Gasteiger partial charge in [0.2, 0.25) is 0 Å². The molecule has 2 N–H and O–H groups in total. The van der Waals surface area contributed by atoms with Gasteiger partial charge in [-0.05, 0) is 49.9 Å². The number of nitrogens with zero attached hydrogens (tertiary/aromatic N) is 2. The lowest BCUT2D eigenvalue weighted by molar-refractivity contribution is 0.0924. The lowest BCUT2D eigenvalue weighted by atomic mass is 9.99. The highest BCUT2D eigenvalue weighted by Gasteiger charge is 2.34. The first-order chi connectivity index (χ1) is 11.2. The molecule has 5 nitrogen and oxygen atoms in total. The number of hydrogen-bond donors (Lipinski definition) is 2. The third-order valence-corrected chi connectivity index (χ3v) is 5.27. The highest BCUT2D eigenvalue weighted by molar-refractivity contribution is 9.10.